The average Bonchev–Trinajstić information content (AvgIpc) is 3.57. The highest BCUT2D eigenvalue weighted by atomic mass is 16.3. The van der Waals surface area contributed by atoms with Crippen LogP contribution < -0.4 is 0 Å². The molecule has 238 valence electrons. The van der Waals surface area contributed by atoms with Crippen LogP contribution in [0.1, 0.15) is 0 Å². The van der Waals surface area contributed by atoms with Crippen molar-refractivity contribution in [3.05, 3.63) is 176 Å². The molecular formula is C47H29N3O. The van der Waals surface area contributed by atoms with Crippen molar-refractivity contribution in [3.63, 3.8) is 0 Å². The Morgan fingerprint density at radius 1 is 0.314 bits per heavy atom. The Morgan fingerprint density at radius 3 is 1.51 bits per heavy atom. The zero-order valence-corrected chi connectivity index (χ0v) is 27.5. The van der Waals surface area contributed by atoms with E-state index in [2.05, 4.69) is 115 Å². The number of fused-ring (bicyclic) bond motifs is 5. The molecule has 0 fully saturated rings. The first-order chi connectivity index (χ1) is 25.2. The van der Waals surface area contributed by atoms with Crippen molar-refractivity contribution in [2.24, 2.45) is 0 Å². The van der Waals surface area contributed by atoms with Crippen LogP contribution in [0.25, 0.3) is 99.9 Å². The van der Waals surface area contributed by atoms with Crippen molar-refractivity contribution in [1.82, 2.24) is 15.0 Å². The molecule has 0 aliphatic carbocycles. The first-order valence-corrected chi connectivity index (χ1v) is 17.1. The van der Waals surface area contributed by atoms with Crippen LogP contribution in [0.2, 0.25) is 0 Å². The van der Waals surface area contributed by atoms with Crippen molar-refractivity contribution in [2.75, 3.05) is 0 Å². The van der Waals surface area contributed by atoms with Gasteiger partial charge >= 0.3 is 0 Å². The van der Waals surface area contributed by atoms with Gasteiger partial charge in [0.2, 0.25) is 0 Å². The van der Waals surface area contributed by atoms with Gasteiger partial charge in [0.1, 0.15) is 11.2 Å². The van der Waals surface area contributed by atoms with Crippen LogP contribution in [0.5, 0.6) is 0 Å². The molecule has 4 nitrogen and oxygen atoms in total. The highest BCUT2D eigenvalue weighted by molar-refractivity contribution is 6.17. The van der Waals surface area contributed by atoms with Gasteiger partial charge in [-0.25, -0.2) is 15.0 Å². The van der Waals surface area contributed by atoms with Crippen LogP contribution in [0.3, 0.4) is 0 Å². The van der Waals surface area contributed by atoms with E-state index in [0.29, 0.717) is 17.5 Å². The molecule has 10 rings (SSSR count). The lowest BCUT2D eigenvalue weighted by molar-refractivity contribution is 0.669. The number of rotatable bonds is 5. The van der Waals surface area contributed by atoms with E-state index in [1.807, 2.05) is 60.7 Å². The summed E-state index contributed by atoms with van der Waals surface area (Å²) in [4.78, 5) is 14.8. The largest absolute Gasteiger partial charge is 0.456 e. The normalized spacial score (nSPS) is 11.5. The molecule has 0 aliphatic rings. The fourth-order valence-electron chi connectivity index (χ4n) is 7.19. The molecule has 8 aromatic carbocycles. The molecule has 0 amide bonds. The Morgan fingerprint density at radius 2 is 0.843 bits per heavy atom. The summed E-state index contributed by atoms with van der Waals surface area (Å²) in [5.74, 6) is 1.92. The van der Waals surface area contributed by atoms with Crippen LogP contribution in [-0.2, 0) is 0 Å². The standard InChI is InChI=1S/C47H29N3O/c1-3-13-32(14-4-1)45-48-46(33-15-5-2-6-16-33)50-47(49-45)34-24-22-31(23-25-34)40-27-37(39-21-11-19-30-12-9-10-20-38(30)39)29-43-44(40)41-26-35-17-7-8-18-36(35)28-42(41)51-43/h1-29H. The van der Waals surface area contributed by atoms with E-state index in [-0.39, 0.29) is 0 Å². The van der Waals surface area contributed by atoms with Crippen molar-refractivity contribution >= 4 is 43.5 Å². The third kappa shape index (κ3) is 5.13. The van der Waals surface area contributed by atoms with Gasteiger partial charge in [0, 0.05) is 27.5 Å². The molecule has 4 heteroatoms. The fourth-order valence-corrected chi connectivity index (χ4v) is 7.19. The molecular weight excluding hydrogens is 623 g/mol. The number of nitrogens with zero attached hydrogens (tertiary/aromatic N) is 3. The molecule has 0 saturated carbocycles. The quantitative estimate of drug-likeness (QED) is 0.186. The smallest absolute Gasteiger partial charge is 0.164 e. The third-order valence-corrected chi connectivity index (χ3v) is 9.69. The summed E-state index contributed by atoms with van der Waals surface area (Å²) in [6.45, 7) is 0. The summed E-state index contributed by atoms with van der Waals surface area (Å²) in [6.07, 6.45) is 0. The number of hydrogen-bond donors (Lipinski definition) is 0. The molecule has 0 aliphatic heterocycles. The maximum absolute atomic E-state index is 6.67. The van der Waals surface area contributed by atoms with Crippen molar-refractivity contribution in [1.29, 1.82) is 0 Å². The second-order valence-electron chi connectivity index (χ2n) is 12.8. The molecule has 0 radical (unpaired) electrons. The van der Waals surface area contributed by atoms with E-state index in [1.165, 1.54) is 21.7 Å². The van der Waals surface area contributed by atoms with E-state index in [9.17, 15) is 0 Å². The summed E-state index contributed by atoms with van der Waals surface area (Å²) in [5.41, 5.74) is 9.03. The predicted molar refractivity (Wildman–Crippen MR) is 209 cm³/mol. The second-order valence-corrected chi connectivity index (χ2v) is 12.8. The molecule has 2 heterocycles. The van der Waals surface area contributed by atoms with Crippen molar-refractivity contribution < 1.29 is 4.42 Å². The maximum atomic E-state index is 6.67. The Kier molecular flexibility index (Phi) is 6.78. The summed E-state index contributed by atoms with van der Waals surface area (Å²) in [5, 5.41) is 6.96. The van der Waals surface area contributed by atoms with Gasteiger partial charge in [-0.2, -0.15) is 0 Å². The molecule has 0 atom stereocenters. The lowest BCUT2D eigenvalue weighted by Gasteiger charge is -2.12. The van der Waals surface area contributed by atoms with Gasteiger partial charge in [0.05, 0.1) is 0 Å². The molecule has 0 unspecified atom stereocenters. The van der Waals surface area contributed by atoms with Crippen LogP contribution in [0.15, 0.2) is 180 Å². The minimum absolute atomic E-state index is 0.629. The molecule has 51 heavy (non-hydrogen) atoms. The SMILES string of the molecule is c1ccc(-c2nc(-c3ccccc3)nc(-c3ccc(-c4cc(-c5cccc6ccccc56)cc5oc6cc7ccccc7cc6c45)cc3)n2)cc1. The van der Waals surface area contributed by atoms with Crippen LogP contribution in [0.4, 0.5) is 0 Å². The highest BCUT2D eigenvalue weighted by Gasteiger charge is 2.18. The van der Waals surface area contributed by atoms with Gasteiger partial charge < -0.3 is 4.42 Å². The number of furan rings is 1. The summed E-state index contributed by atoms with van der Waals surface area (Å²) < 4.78 is 6.67. The molecule has 2 aromatic heterocycles. The first-order valence-electron chi connectivity index (χ1n) is 17.1. The second kappa shape index (κ2) is 11.9. The highest BCUT2D eigenvalue weighted by Crippen LogP contribution is 2.42. The lowest BCUT2D eigenvalue weighted by Crippen LogP contribution is -2.00. The van der Waals surface area contributed by atoms with E-state index in [4.69, 9.17) is 19.4 Å². The topological polar surface area (TPSA) is 51.8 Å². The average molecular weight is 652 g/mol. The zero-order valence-electron chi connectivity index (χ0n) is 27.5. The number of benzene rings is 8. The third-order valence-electron chi connectivity index (χ3n) is 9.69. The number of aromatic nitrogens is 3. The van der Waals surface area contributed by atoms with Crippen molar-refractivity contribution in [3.8, 4) is 56.4 Å². The Labute approximate surface area is 294 Å². The van der Waals surface area contributed by atoms with Gasteiger partial charge in [0.15, 0.2) is 17.5 Å². The van der Waals surface area contributed by atoms with E-state index < -0.39 is 0 Å². The molecule has 0 saturated heterocycles. The first kappa shape index (κ1) is 29.0. The Hall–Kier alpha value is -6.91. The Bertz CT molecular complexity index is 2830. The lowest BCUT2D eigenvalue weighted by atomic mass is 9.91. The van der Waals surface area contributed by atoms with Crippen molar-refractivity contribution in [2.45, 2.75) is 0 Å². The predicted octanol–water partition coefficient (Wildman–Crippen LogP) is 12.4. The van der Waals surface area contributed by atoms with Gasteiger partial charge in [-0.15, -0.1) is 0 Å². The van der Waals surface area contributed by atoms with Gasteiger partial charge in [-0.1, -0.05) is 152 Å². The summed E-state index contributed by atoms with van der Waals surface area (Å²) in [6, 6.07) is 61.1. The maximum Gasteiger partial charge on any atom is 0.164 e. The van der Waals surface area contributed by atoms with Crippen LogP contribution >= 0.6 is 0 Å². The monoisotopic (exact) mass is 651 g/mol. The summed E-state index contributed by atoms with van der Waals surface area (Å²) >= 11 is 0. The minimum atomic E-state index is 0.629. The molecule has 0 bridgehead atoms. The van der Waals surface area contributed by atoms with Gasteiger partial charge in [-0.05, 0) is 68.1 Å². The van der Waals surface area contributed by atoms with E-state index in [1.54, 1.807) is 0 Å². The van der Waals surface area contributed by atoms with Gasteiger partial charge in [-0.3, -0.25) is 0 Å². The number of hydrogen-bond acceptors (Lipinski definition) is 4. The van der Waals surface area contributed by atoms with Gasteiger partial charge in [0.25, 0.3) is 0 Å². The fraction of sp³-hybridized carbons (Fsp3) is 0. The molecule has 10 aromatic rings. The molecule has 0 spiro atoms. The Balaban J connectivity index is 1.16. The minimum Gasteiger partial charge on any atom is -0.456 e. The summed E-state index contributed by atoms with van der Waals surface area (Å²) in [7, 11) is 0. The van der Waals surface area contributed by atoms with E-state index in [0.717, 1.165) is 60.7 Å². The zero-order chi connectivity index (χ0) is 33.7. The molecule has 0 N–H and O–H groups in total. The van der Waals surface area contributed by atoms with Crippen LogP contribution in [-0.4, -0.2) is 15.0 Å². The van der Waals surface area contributed by atoms with Crippen LogP contribution in [0, 0.1) is 0 Å². The van der Waals surface area contributed by atoms with E-state index >= 15 is 0 Å².